The van der Waals surface area contributed by atoms with E-state index in [1.54, 1.807) is 12.1 Å². The van der Waals surface area contributed by atoms with Crippen LogP contribution in [0.5, 0.6) is 0 Å². The summed E-state index contributed by atoms with van der Waals surface area (Å²) < 4.78 is 6.43. The van der Waals surface area contributed by atoms with Crippen LogP contribution in [0.3, 0.4) is 0 Å². The van der Waals surface area contributed by atoms with Gasteiger partial charge in [0.2, 0.25) is 0 Å². The molecule has 0 bridgehead atoms. The molecule has 1 aromatic rings. The second kappa shape index (κ2) is 5.51. The molecule has 0 aromatic heterocycles. The average Bonchev–Trinajstić information content (AvgIpc) is 2.30. The third-order valence-electron chi connectivity index (χ3n) is 3.27. The van der Waals surface area contributed by atoms with Gasteiger partial charge in [-0.25, -0.2) is 4.79 Å². The lowest BCUT2D eigenvalue weighted by Gasteiger charge is -2.36. The maximum absolute atomic E-state index is 11.3. The zero-order valence-corrected chi connectivity index (χ0v) is 12.7. The first-order valence-electron chi connectivity index (χ1n) is 6.31. The zero-order chi connectivity index (χ0) is 14.0. The minimum atomic E-state index is -0.921. The Hall–Kier alpha value is -1.07. The van der Waals surface area contributed by atoms with Crippen LogP contribution in [0.15, 0.2) is 22.7 Å². The van der Waals surface area contributed by atoms with Gasteiger partial charge in [0.15, 0.2) is 0 Å². The van der Waals surface area contributed by atoms with Gasteiger partial charge in [0.1, 0.15) is 0 Å². The Labute approximate surface area is 121 Å². The number of anilines is 1. The van der Waals surface area contributed by atoms with Gasteiger partial charge in [-0.1, -0.05) is 15.9 Å². The number of halogens is 1. The van der Waals surface area contributed by atoms with Crippen LogP contribution in [0.1, 0.15) is 37.0 Å². The Morgan fingerprint density at radius 3 is 2.89 bits per heavy atom. The second-order valence-corrected chi connectivity index (χ2v) is 6.35. The van der Waals surface area contributed by atoms with Gasteiger partial charge in [-0.15, -0.1) is 0 Å². The second-order valence-electron chi connectivity index (χ2n) is 5.44. The maximum atomic E-state index is 11.3. The monoisotopic (exact) mass is 327 g/mol. The minimum absolute atomic E-state index is 0.158. The molecule has 1 heterocycles. The number of hydrogen-bond acceptors (Lipinski definition) is 3. The van der Waals surface area contributed by atoms with E-state index in [0.717, 1.165) is 17.3 Å². The highest BCUT2D eigenvalue weighted by Crippen LogP contribution is 2.28. The van der Waals surface area contributed by atoms with Crippen LogP contribution in [0.25, 0.3) is 0 Å². The van der Waals surface area contributed by atoms with Gasteiger partial charge < -0.3 is 15.2 Å². The largest absolute Gasteiger partial charge is 0.478 e. The molecule has 0 saturated carbocycles. The van der Waals surface area contributed by atoms with E-state index >= 15 is 0 Å². The molecule has 0 spiro atoms. The summed E-state index contributed by atoms with van der Waals surface area (Å²) in [7, 11) is 0. The first-order chi connectivity index (χ1) is 8.87. The number of carboxylic acid groups (broad SMARTS) is 1. The van der Waals surface area contributed by atoms with Crippen molar-refractivity contribution in [1.29, 1.82) is 0 Å². The molecule has 1 fully saturated rings. The van der Waals surface area contributed by atoms with Gasteiger partial charge in [-0.3, -0.25) is 0 Å². The summed E-state index contributed by atoms with van der Waals surface area (Å²) in [5.41, 5.74) is 0.798. The first-order valence-corrected chi connectivity index (χ1v) is 7.10. The van der Waals surface area contributed by atoms with Crippen molar-refractivity contribution in [3.63, 3.8) is 0 Å². The molecule has 4 nitrogen and oxygen atoms in total. The SMILES string of the molecule is CC1(C)CC(Nc2ccc(Br)cc2C(=O)O)CCO1. The summed E-state index contributed by atoms with van der Waals surface area (Å²) in [6, 6.07) is 5.51. The van der Waals surface area contributed by atoms with Crippen LogP contribution in [0.2, 0.25) is 0 Å². The minimum Gasteiger partial charge on any atom is -0.478 e. The molecule has 2 rings (SSSR count). The number of benzene rings is 1. The Bertz CT molecular complexity index is 488. The summed E-state index contributed by atoms with van der Waals surface area (Å²) in [5.74, 6) is -0.921. The normalized spacial score (nSPS) is 21.9. The fraction of sp³-hybridized carbons (Fsp3) is 0.500. The topological polar surface area (TPSA) is 58.6 Å². The van der Waals surface area contributed by atoms with E-state index in [2.05, 4.69) is 35.1 Å². The summed E-state index contributed by atoms with van der Waals surface area (Å²) in [5, 5.41) is 12.6. The van der Waals surface area contributed by atoms with Crippen LogP contribution in [-0.4, -0.2) is 29.3 Å². The van der Waals surface area contributed by atoms with Crippen LogP contribution in [0.4, 0.5) is 5.69 Å². The van der Waals surface area contributed by atoms with Crippen LogP contribution < -0.4 is 5.32 Å². The highest BCUT2D eigenvalue weighted by Gasteiger charge is 2.29. The Morgan fingerprint density at radius 2 is 2.26 bits per heavy atom. The molecule has 1 aromatic carbocycles. The van der Waals surface area contributed by atoms with E-state index in [4.69, 9.17) is 4.74 Å². The molecule has 2 N–H and O–H groups in total. The van der Waals surface area contributed by atoms with Crippen molar-refractivity contribution in [3.05, 3.63) is 28.2 Å². The standard InChI is InChI=1S/C14H18BrNO3/c1-14(2)8-10(5-6-19-14)16-12-4-3-9(15)7-11(12)13(17)18/h3-4,7,10,16H,5-6,8H2,1-2H3,(H,17,18). The quantitative estimate of drug-likeness (QED) is 0.891. The van der Waals surface area contributed by atoms with E-state index in [-0.39, 0.29) is 11.6 Å². The summed E-state index contributed by atoms with van der Waals surface area (Å²) in [6.45, 7) is 4.81. The highest BCUT2D eigenvalue weighted by atomic mass is 79.9. The lowest BCUT2D eigenvalue weighted by molar-refractivity contribution is -0.0553. The van der Waals surface area contributed by atoms with Crippen molar-refractivity contribution >= 4 is 27.6 Å². The van der Waals surface area contributed by atoms with Crippen molar-refractivity contribution in [2.75, 3.05) is 11.9 Å². The molecule has 0 amide bonds. The third-order valence-corrected chi connectivity index (χ3v) is 3.76. The number of aromatic carboxylic acids is 1. The maximum Gasteiger partial charge on any atom is 0.337 e. The van der Waals surface area contributed by atoms with Crippen LogP contribution in [0, 0.1) is 0 Å². The molecule has 1 unspecified atom stereocenters. The number of rotatable bonds is 3. The molecule has 1 atom stereocenters. The highest BCUT2D eigenvalue weighted by molar-refractivity contribution is 9.10. The Balaban J connectivity index is 2.17. The number of ether oxygens (including phenoxy) is 1. The number of nitrogens with one attached hydrogen (secondary N) is 1. The molecule has 0 aliphatic carbocycles. The molecule has 1 aliphatic rings. The van der Waals surface area contributed by atoms with Crippen molar-refractivity contribution in [2.45, 2.75) is 38.3 Å². The molecular formula is C14H18BrNO3. The van der Waals surface area contributed by atoms with E-state index < -0.39 is 5.97 Å². The van der Waals surface area contributed by atoms with Crippen molar-refractivity contribution < 1.29 is 14.6 Å². The smallest absolute Gasteiger partial charge is 0.337 e. The number of carboxylic acids is 1. The lowest BCUT2D eigenvalue weighted by Crippen LogP contribution is -2.40. The van der Waals surface area contributed by atoms with Gasteiger partial charge in [0.05, 0.1) is 11.2 Å². The molecule has 1 aliphatic heterocycles. The zero-order valence-electron chi connectivity index (χ0n) is 11.1. The Kier molecular flexibility index (Phi) is 4.16. The fourth-order valence-corrected chi connectivity index (χ4v) is 2.76. The first kappa shape index (κ1) is 14.3. The molecule has 104 valence electrons. The van der Waals surface area contributed by atoms with Crippen molar-refractivity contribution in [3.8, 4) is 0 Å². The van der Waals surface area contributed by atoms with Crippen LogP contribution in [-0.2, 0) is 4.74 Å². The van der Waals surface area contributed by atoms with Crippen molar-refractivity contribution in [1.82, 2.24) is 0 Å². The third kappa shape index (κ3) is 3.70. The van der Waals surface area contributed by atoms with Gasteiger partial charge in [0.25, 0.3) is 0 Å². The van der Waals surface area contributed by atoms with E-state index in [1.807, 2.05) is 6.07 Å². The van der Waals surface area contributed by atoms with Gasteiger partial charge in [0, 0.05) is 22.8 Å². The predicted octanol–water partition coefficient (Wildman–Crippen LogP) is 3.52. The summed E-state index contributed by atoms with van der Waals surface area (Å²) in [6.07, 6.45) is 1.75. The van der Waals surface area contributed by atoms with Crippen molar-refractivity contribution in [2.24, 2.45) is 0 Å². The fourth-order valence-electron chi connectivity index (χ4n) is 2.39. The van der Waals surface area contributed by atoms with E-state index in [0.29, 0.717) is 17.9 Å². The van der Waals surface area contributed by atoms with Crippen LogP contribution >= 0.6 is 15.9 Å². The average molecular weight is 328 g/mol. The van der Waals surface area contributed by atoms with Gasteiger partial charge in [-0.2, -0.15) is 0 Å². The van der Waals surface area contributed by atoms with E-state index in [9.17, 15) is 9.90 Å². The molecule has 1 saturated heterocycles. The van der Waals surface area contributed by atoms with E-state index in [1.165, 1.54) is 0 Å². The molecule has 19 heavy (non-hydrogen) atoms. The van der Waals surface area contributed by atoms with Gasteiger partial charge >= 0.3 is 5.97 Å². The number of carbonyl (C=O) groups is 1. The predicted molar refractivity (Wildman–Crippen MR) is 77.8 cm³/mol. The molecule has 0 radical (unpaired) electrons. The summed E-state index contributed by atoms with van der Waals surface area (Å²) in [4.78, 5) is 11.3. The molecular weight excluding hydrogens is 310 g/mol. The van der Waals surface area contributed by atoms with Gasteiger partial charge in [-0.05, 0) is 44.9 Å². The summed E-state index contributed by atoms with van der Waals surface area (Å²) >= 11 is 3.30. The molecule has 5 heteroatoms. The lowest BCUT2D eigenvalue weighted by atomic mass is 9.93. The Morgan fingerprint density at radius 1 is 1.53 bits per heavy atom. The number of hydrogen-bond donors (Lipinski definition) is 2.